The normalized spacial score (nSPS) is 20.1. The van der Waals surface area contributed by atoms with Gasteiger partial charge < -0.3 is 9.26 Å². The first kappa shape index (κ1) is 35.6. The van der Waals surface area contributed by atoms with Crippen LogP contribution >= 0.6 is 7.60 Å². The smallest absolute Gasteiger partial charge is 0.376 e. The molecule has 1 aliphatic heterocycles. The Bertz CT molecular complexity index is 2050. The van der Waals surface area contributed by atoms with Crippen LogP contribution in [0.15, 0.2) is 131 Å². The summed E-state index contributed by atoms with van der Waals surface area (Å²) in [7, 11) is -2.68. The molecule has 5 aromatic rings. The molecule has 51 heavy (non-hydrogen) atoms. The molecule has 4 aromatic carbocycles. The highest BCUT2D eigenvalue weighted by Gasteiger charge is 2.64. The Morgan fingerprint density at radius 2 is 1.45 bits per heavy atom. The number of H-pyrrole nitrogens is 1. The number of benzene rings is 4. The van der Waals surface area contributed by atoms with Crippen LogP contribution in [0.4, 0.5) is 5.69 Å². The van der Waals surface area contributed by atoms with E-state index in [1.54, 1.807) is 6.92 Å². The number of non-ortho nitro benzene ring substituents is 1. The van der Waals surface area contributed by atoms with Crippen molar-refractivity contribution in [1.82, 2.24) is 9.55 Å². The Labute approximate surface area is 293 Å². The largest absolute Gasteiger partial charge is 0.425 e. The topological polar surface area (TPSA) is 161 Å². The zero-order chi connectivity index (χ0) is 36.2. The van der Waals surface area contributed by atoms with Crippen molar-refractivity contribution in [2.45, 2.75) is 36.7 Å². The number of nitro groups is 1. The molecule has 1 aliphatic rings. The number of aryl methyl sites for hydroxylation is 1. The molecular formula is C37H36N3O10P. The van der Waals surface area contributed by atoms with Crippen molar-refractivity contribution < 1.29 is 33.0 Å². The second-order valence-corrected chi connectivity index (χ2v) is 14.1. The van der Waals surface area contributed by atoms with Gasteiger partial charge in [0.15, 0.2) is 5.72 Å². The van der Waals surface area contributed by atoms with Gasteiger partial charge in [-0.25, -0.2) is 19.1 Å². The van der Waals surface area contributed by atoms with Crippen molar-refractivity contribution in [2.75, 3.05) is 20.4 Å². The van der Waals surface area contributed by atoms with Crippen LogP contribution in [0.3, 0.4) is 0 Å². The third kappa shape index (κ3) is 6.82. The Balaban J connectivity index is 1.61. The van der Waals surface area contributed by atoms with E-state index in [0.29, 0.717) is 0 Å². The van der Waals surface area contributed by atoms with Crippen LogP contribution in [0, 0.1) is 17.0 Å². The number of nitrogens with zero attached hydrogens (tertiary/aromatic N) is 2. The summed E-state index contributed by atoms with van der Waals surface area (Å²) >= 11 is 0. The lowest BCUT2D eigenvalue weighted by molar-refractivity contribution is -0.384. The van der Waals surface area contributed by atoms with Gasteiger partial charge in [0, 0.05) is 37.0 Å². The van der Waals surface area contributed by atoms with Crippen molar-refractivity contribution >= 4 is 13.3 Å². The van der Waals surface area contributed by atoms with Gasteiger partial charge in [-0.15, -0.1) is 0 Å². The molecule has 6 rings (SSSR count). The molecule has 1 N–H and O–H groups in total. The molecule has 1 unspecified atom stereocenters. The summed E-state index contributed by atoms with van der Waals surface area (Å²) in [6.45, 7) is 2.65. The molecule has 4 atom stereocenters. The van der Waals surface area contributed by atoms with E-state index >= 15 is 0 Å². The summed E-state index contributed by atoms with van der Waals surface area (Å²) in [6, 6.07) is 33.7. The van der Waals surface area contributed by atoms with Crippen molar-refractivity contribution in [3.05, 3.63) is 175 Å². The number of nitro benzene ring substituents is 1. The van der Waals surface area contributed by atoms with Gasteiger partial charge in [0.2, 0.25) is 0 Å². The second-order valence-electron chi connectivity index (χ2n) is 12.1. The van der Waals surface area contributed by atoms with Crippen LogP contribution in [0.1, 0.15) is 28.7 Å². The zero-order valence-electron chi connectivity index (χ0n) is 28.0. The van der Waals surface area contributed by atoms with E-state index in [1.807, 2.05) is 91.0 Å². The van der Waals surface area contributed by atoms with Crippen molar-refractivity contribution in [3.8, 4) is 5.75 Å². The predicted molar refractivity (Wildman–Crippen MR) is 188 cm³/mol. The van der Waals surface area contributed by atoms with Gasteiger partial charge >= 0.3 is 13.3 Å². The minimum Gasteiger partial charge on any atom is -0.425 e. The summed E-state index contributed by atoms with van der Waals surface area (Å²) in [4.78, 5) is 50.4. The number of aromatic amines is 1. The molecule has 0 bridgehead atoms. The lowest BCUT2D eigenvalue weighted by Gasteiger charge is -2.50. The molecule has 0 amide bonds. The number of aromatic nitrogens is 2. The highest BCUT2D eigenvalue weighted by atomic mass is 31.2. The Hall–Kier alpha value is -5.17. The predicted octanol–water partition coefficient (Wildman–Crippen LogP) is 6.09. The van der Waals surface area contributed by atoms with Gasteiger partial charge in [-0.3, -0.25) is 29.0 Å². The first-order valence-corrected chi connectivity index (χ1v) is 18.0. The SMILES string of the molecule is COOC[C@H]1O[C@](n2cc(C)c(=O)[nH]c2=O)(C(c2ccccc2)(c2ccccc2)c2ccccc2)C[C@@H]1OP(C)(=O)Oc1ccc([N+](=O)[O-])cc1. The van der Waals surface area contributed by atoms with Crippen molar-refractivity contribution in [2.24, 2.45) is 0 Å². The fourth-order valence-electron chi connectivity index (χ4n) is 6.90. The number of rotatable bonds is 13. The van der Waals surface area contributed by atoms with E-state index in [0.717, 1.165) is 16.7 Å². The maximum Gasteiger partial charge on any atom is 0.376 e. The summed E-state index contributed by atoms with van der Waals surface area (Å²) in [5.41, 5.74) is -2.05. The highest BCUT2D eigenvalue weighted by Crippen LogP contribution is 2.59. The zero-order valence-corrected chi connectivity index (χ0v) is 28.9. The summed E-state index contributed by atoms with van der Waals surface area (Å²) in [5.74, 6) is 0.0842. The maximum atomic E-state index is 14.2. The molecule has 0 saturated carbocycles. The monoisotopic (exact) mass is 713 g/mol. The number of hydrogen-bond acceptors (Lipinski definition) is 10. The molecule has 13 nitrogen and oxygen atoms in total. The molecule has 2 heterocycles. The maximum absolute atomic E-state index is 14.2. The summed E-state index contributed by atoms with van der Waals surface area (Å²) in [5, 5.41) is 11.2. The van der Waals surface area contributed by atoms with Gasteiger partial charge in [-0.05, 0) is 35.7 Å². The first-order valence-electron chi connectivity index (χ1n) is 16.0. The van der Waals surface area contributed by atoms with Crippen LogP contribution in [0.2, 0.25) is 0 Å². The van der Waals surface area contributed by atoms with Gasteiger partial charge in [-0.2, -0.15) is 0 Å². The lowest BCUT2D eigenvalue weighted by Crippen LogP contribution is -2.59. The number of ether oxygens (including phenoxy) is 1. The van der Waals surface area contributed by atoms with Crippen LogP contribution < -0.4 is 15.8 Å². The minimum absolute atomic E-state index is 0.0842. The average Bonchev–Trinajstić information content (AvgIpc) is 3.48. The molecular weight excluding hydrogens is 677 g/mol. The van der Waals surface area contributed by atoms with Crippen molar-refractivity contribution in [3.63, 3.8) is 0 Å². The molecule has 264 valence electrons. The van der Waals surface area contributed by atoms with Crippen LogP contribution in [0.5, 0.6) is 5.75 Å². The van der Waals surface area contributed by atoms with Gasteiger partial charge in [0.1, 0.15) is 24.6 Å². The molecule has 1 saturated heterocycles. The van der Waals surface area contributed by atoms with Gasteiger partial charge in [0.05, 0.1) is 17.4 Å². The van der Waals surface area contributed by atoms with E-state index in [9.17, 15) is 24.3 Å². The third-order valence-electron chi connectivity index (χ3n) is 8.95. The fraction of sp³-hybridized carbons (Fsp3) is 0.243. The Kier molecular flexibility index (Phi) is 10.2. The number of nitrogens with one attached hydrogen (secondary N) is 1. The van der Waals surface area contributed by atoms with Crippen LogP contribution in [-0.2, 0) is 34.7 Å². The highest BCUT2D eigenvalue weighted by molar-refractivity contribution is 7.53. The Morgan fingerprint density at radius 3 is 1.94 bits per heavy atom. The van der Waals surface area contributed by atoms with E-state index < -0.39 is 47.1 Å². The fourth-order valence-corrected chi connectivity index (χ4v) is 8.15. The van der Waals surface area contributed by atoms with Gasteiger partial charge in [0.25, 0.3) is 11.2 Å². The summed E-state index contributed by atoms with van der Waals surface area (Å²) < 4.78 is 34.8. The molecule has 0 spiro atoms. The number of hydrogen-bond donors (Lipinski definition) is 1. The average molecular weight is 714 g/mol. The second kappa shape index (κ2) is 14.6. The minimum atomic E-state index is -4.01. The lowest BCUT2D eigenvalue weighted by atomic mass is 9.61. The summed E-state index contributed by atoms with van der Waals surface area (Å²) in [6.07, 6.45) is -0.742. The van der Waals surface area contributed by atoms with E-state index in [-0.39, 0.29) is 30.0 Å². The quantitative estimate of drug-likeness (QED) is 0.0497. The van der Waals surface area contributed by atoms with Crippen LogP contribution in [-0.4, -0.2) is 47.1 Å². The molecule has 1 aromatic heterocycles. The van der Waals surface area contributed by atoms with Crippen molar-refractivity contribution in [1.29, 1.82) is 0 Å². The first-order chi connectivity index (χ1) is 24.5. The standard InChI is InChI=1S/C37H36N3O10P/c1-26-24-39(35(42)38-34(26)41)36(37(27-13-7-4-8-14-27,28-15-9-5-10-16-28)29-17-11-6-12-18-29)23-32(33(48-36)25-47-46-2)50-51(3,45)49-31-21-19-30(20-22-31)40(43)44/h4-22,24,32-33H,23,25H2,1-3H3,(H,38,41,42)/t32-,33+,36-,51?/m0/s1. The molecule has 14 heteroatoms. The molecule has 0 radical (unpaired) electrons. The van der Waals surface area contributed by atoms with E-state index in [2.05, 4.69) is 4.98 Å². The van der Waals surface area contributed by atoms with Gasteiger partial charge in [-0.1, -0.05) is 91.0 Å². The molecule has 0 aliphatic carbocycles. The van der Waals surface area contributed by atoms with Crippen LogP contribution in [0.25, 0.3) is 0 Å². The van der Waals surface area contributed by atoms with E-state index in [1.165, 1.54) is 48.8 Å². The molecule has 1 fully saturated rings. The van der Waals surface area contributed by atoms with E-state index in [4.69, 9.17) is 23.6 Å². The Morgan fingerprint density at radius 1 is 0.922 bits per heavy atom. The third-order valence-corrected chi connectivity index (χ3v) is 10.1.